The van der Waals surface area contributed by atoms with Crippen LogP contribution < -0.4 is 0 Å². The molecule has 0 bridgehead atoms. The highest BCUT2D eigenvalue weighted by molar-refractivity contribution is 5.97. The normalized spacial score (nSPS) is 11.1. The standard InChI is InChI=1S/C14H13NO5/c1-9-10(7-4-8-20-15(18)19)14(17)12-6-3-2-5-11(12)13(9)16/h2-7,16-17H,8H2,1H3. The largest absolute Gasteiger partial charge is 0.507 e. The van der Waals surface area contributed by atoms with Crippen molar-refractivity contribution in [2.45, 2.75) is 6.92 Å². The number of rotatable bonds is 4. The molecule has 6 heteroatoms. The third-order valence-electron chi connectivity index (χ3n) is 3.01. The van der Waals surface area contributed by atoms with Gasteiger partial charge < -0.3 is 15.1 Å². The molecule has 0 atom stereocenters. The van der Waals surface area contributed by atoms with Crippen LogP contribution >= 0.6 is 0 Å². The molecule has 2 rings (SSSR count). The number of phenols is 2. The fraction of sp³-hybridized carbons (Fsp3) is 0.143. The number of phenolic OH excluding ortho intramolecular Hbond substituents is 2. The van der Waals surface area contributed by atoms with Crippen LogP contribution in [0.15, 0.2) is 30.3 Å². The second-order valence-corrected chi connectivity index (χ2v) is 4.20. The molecule has 0 aliphatic rings. The van der Waals surface area contributed by atoms with Crippen LogP contribution in [0.25, 0.3) is 16.8 Å². The molecule has 0 unspecified atom stereocenters. The van der Waals surface area contributed by atoms with Crippen LogP contribution in [0.2, 0.25) is 0 Å². The van der Waals surface area contributed by atoms with Crippen LogP contribution in [0.3, 0.4) is 0 Å². The summed E-state index contributed by atoms with van der Waals surface area (Å²) in [5, 5.41) is 30.6. The summed E-state index contributed by atoms with van der Waals surface area (Å²) in [6.07, 6.45) is 2.89. The van der Waals surface area contributed by atoms with Crippen molar-refractivity contribution in [2.24, 2.45) is 0 Å². The maximum absolute atomic E-state index is 10.2. The summed E-state index contributed by atoms with van der Waals surface area (Å²) in [5.74, 6) is 0.0986. The molecule has 0 saturated heterocycles. The maximum Gasteiger partial charge on any atom is 0.294 e. The van der Waals surface area contributed by atoms with Crippen LogP contribution in [0.1, 0.15) is 11.1 Å². The Labute approximate surface area is 114 Å². The molecule has 20 heavy (non-hydrogen) atoms. The summed E-state index contributed by atoms with van der Waals surface area (Å²) in [6.45, 7) is 1.44. The molecule has 6 nitrogen and oxygen atoms in total. The van der Waals surface area contributed by atoms with Gasteiger partial charge in [0.2, 0.25) is 0 Å². The SMILES string of the molecule is Cc1c(C=CCO[N+](=O)[O-])c(O)c2ccccc2c1O. The molecule has 2 N–H and O–H groups in total. The van der Waals surface area contributed by atoms with Gasteiger partial charge in [-0.2, -0.15) is 0 Å². The van der Waals surface area contributed by atoms with Crippen LogP contribution in [-0.2, 0) is 4.84 Å². The Balaban J connectivity index is 2.45. The average Bonchev–Trinajstić information content (AvgIpc) is 2.44. The molecular weight excluding hydrogens is 262 g/mol. The zero-order valence-corrected chi connectivity index (χ0v) is 10.7. The van der Waals surface area contributed by atoms with E-state index in [1.165, 1.54) is 12.2 Å². The Kier molecular flexibility index (Phi) is 3.74. The predicted octanol–water partition coefficient (Wildman–Crippen LogP) is 2.78. The van der Waals surface area contributed by atoms with E-state index in [1.54, 1.807) is 31.2 Å². The highest BCUT2D eigenvalue weighted by Crippen LogP contribution is 2.39. The van der Waals surface area contributed by atoms with Crippen LogP contribution in [-0.4, -0.2) is 21.9 Å². The van der Waals surface area contributed by atoms with E-state index in [9.17, 15) is 20.3 Å². The van der Waals surface area contributed by atoms with Gasteiger partial charge >= 0.3 is 0 Å². The lowest BCUT2D eigenvalue weighted by atomic mass is 9.98. The van der Waals surface area contributed by atoms with Gasteiger partial charge in [-0.15, -0.1) is 10.1 Å². The molecule has 2 aromatic carbocycles. The fourth-order valence-electron chi connectivity index (χ4n) is 2.02. The van der Waals surface area contributed by atoms with E-state index < -0.39 is 5.09 Å². The van der Waals surface area contributed by atoms with E-state index >= 15 is 0 Å². The first-order chi connectivity index (χ1) is 9.52. The molecule has 0 saturated carbocycles. The van der Waals surface area contributed by atoms with Crippen LogP contribution in [0.5, 0.6) is 11.5 Å². The number of hydrogen-bond donors (Lipinski definition) is 2. The number of fused-ring (bicyclic) bond motifs is 1. The lowest BCUT2D eigenvalue weighted by Gasteiger charge is -2.11. The van der Waals surface area contributed by atoms with Gasteiger partial charge in [-0.1, -0.05) is 36.4 Å². The van der Waals surface area contributed by atoms with Gasteiger partial charge in [0.05, 0.1) is 0 Å². The third-order valence-corrected chi connectivity index (χ3v) is 3.01. The summed E-state index contributed by atoms with van der Waals surface area (Å²) in [5.41, 5.74) is 0.909. The number of benzene rings is 2. The first-order valence-electron chi connectivity index (χ1n) is 5.89. The van der Waals surface area contributed by atoms with Crippen LogP contribution in [0, 0.1) is 17.0 Å². The number of aromatic hydroxyl groups is 2. The minimum Gasteiger partial charge on any atom is -0.507 e. The van der Waals surface area contributed by atoms with Gasteiger partial charge in [-0.3, -0.25) is 0 Å². The summed E-state index contributed by atoms with van der Waals surface area (Å²) >= 11 is 0. The predicted molar refractivity (Wildman–Crippen MR) is 74.0 cm³/mol. The Bertz CT molecular complexity index is 694. The quantitative estimate of drug-likeness (QED) is 0.508. The molecule has 0 aliphatic carbocycles. The lowest BCUT2D eigenvalue weighted by molar-refractivity contribution is -0.755. The van der Waals surface area contributed by atoms with Crippen molar-refractivity contribution >= 4 is 16.8 Å². The van der Waals surface area contributed by atoms with E-state index in [1.807, 2.05) is 0 Å². The average molecular weight is 275 g/mol. The molecule has 0 aromatic heterocycles. The second-order valence-electron chi connectivity index (χ2n) is 4.20. The lowest BCUT2D eigenvalue weighted by Crippen LogP contribution is -1.99. The zero-order chi connectivity index (χ0) is 14.7. The fourth-order valence-corrected chi connectivity index (χ4v) is 2.02. The number of hydrogen-bond acceptors (Lipinski definition) is 5. The Morgan fingerprint density at radius 3 is 2.45 bits per heavy atom. The summed E-state index contributed by atoms with van der Waals surface area (Å²) in [4.78, 5) is 14.2. The van der Waals surface area contributed by atoms with E-state index in [0.29, 0.717) is 21.9 Å². The van der Waals surface area contributed by atoms with Crippen molar-refractivity contribution in [2.75, 3.05) is 6.61 Å². The molecule has 0 fully saturated rings. The Morgan fingerprint density at radius 1 is 1.25 bits per heavy atom. The monoisotopic (exact) mass is 275 g/mol. The van der Waals surface area contributed by atoms with Gasteiger partial charge in [0.25, 0.3) is 5.09 Å². The topological polar surface area (TPSA) is 92.8 Å². The highest BCUT2D eigenvalue weighted by atomic mass is 16.9. The highest BCUT2D eigenvalue weighted by Gasteiger charge is 2.13. The smallest absolute Gasteiger partial charge is 0.294 e. The first kappa shape index (κ1) is 13.7. The van der Waals surface area contributed by atoms with Gasteiger partial charge in [0.15, 0.2) is 0 Å². The molecule has 0 spiro atoms. The van der Waals surface area contributed by atoms with E-state index in [0.717, 1.165) is 0 Å². The summed E-state index contributed by atoms with van der Waals surface area (Å²) in [7, 11) is 0. The Hall–Kier alpha value is -2.76. The van der Waals surface area contributed by atoms with Crippen molar-refractivity contribution in [3.8, 4) is 11.5 Å². The molecule has 2 aromatic rings. The third kappa shape index (κ3) is 2.49. The van der Waals surface area contributed by atoms with E-state index in [4.69, 9.17) is 0 Å². The molecule has 0 aliphatic heterocycles. The minimum atomic E-state index is -0.894. The maximum atomic E-state index is 10.2. The molecule has 0 heterocycles. The molecule has 0 amide bonds. The van der Waals surface area contributed by atoms with Crippen molar-refractivity contribution < 1.29 is 20.1 Å². The van der Waals surface area contributed by atoms with Crippen molar-refractivity contribution in [1.29, 1.82) is 0 Å². The van der Waals surface area contributed by atoms with Crippen molar-refractivity contribution in [3.63, 3.8) is 0 Å². The Morgan fingerprint density at radius 2 is 1.85 bits per heavy atom. The second kappa shape index (κ2) is 5.48. The van der Waals surface area contributed by atoms with Gasteiger partial charge in [-0.05, 0) is 6.92 Å². The summed E-state index contributed by atoms with van der Waals surface area (Å²) in [6, 6.07) is 6.91. The first-order valence-corrected chi connectivity index (χ1v) is 5.89. The van der Waals surface area contributed by atoms with E-state index in [-0.39, 0.29) is 18.1 Å². The molecule has 104 valence electrons. The number of nitrogens with zero attached hydrogens (tertiary/aromatic N) is 1. The van der Waals surface area contributed by atoms with Crippen LogP contribution in [0.4, 0.5) is 0 Å². The van der Waals surface area contributed by atoms with Gasteiger partial charge in [0.1, 0.15) is 18.1 Å². The van der Waals surface area contributed by atoms with Gasteiger partial charge in [-0.25, -0.2) is 0 Å². The van der Waals surface area contributed by atoms with Gasteiger partial charge in [0, 0.05) is 21.9 Å². The minimum absolute atomic E-state index is 0.0215. The molecular formula is C14H13NO5. The molecule has 0 radical (unpaired) electrons. The van der Waals surface area contributed by atoms with E-state index in [2.05, 4.69) is 4.84 Å². The van der Waals surface area contributed by atoms with Crippen molar-refractivity contribution in [1.82, 2.24) is 0 Å². The van der Waals surface area contributed by atoms with Crippen molar-refractivity contribution in [3.05, 3.63) is 51.6 Å². The summed E-state index contributed by atoms with van der Waals surface area (Å²) < 4.78 is 0. The zero-order valence-electron chi connectivity index (χ0n) is 10.7.